The molecule has 1 aromatic rings. The number of nitrogens with one attached hydrogen (secondary N) is 1. The van der Waals surface area contributed by atoms with Crippen LogP contribution in [0, 0.1) is 17.8 Å². The normalized spacial score (nSPS) is 29.8. The van der Waals surface area contributed by atoms with Gasteiger partial charge in [-0.1, -0.05) is 25.5 Å². The van der Waals surface area contributed by atoms with Crippen molar-refractivity contribution in [1.29, 1.82) is 0 Å². The lowest BCUT2D eigenvalue weighted by molar-refractivity contribution is -0.117. The second kappa shape index (κ2) is 7.34. The predicted molar refractivity (Wildman–Crippen MR) is 102 cm³/mol. The number of para-hydroxylation sites is 1. The lowest BCUT2D eigenvalue weighted by Crippen LogP contribution is -2.46. The molecule has 1 amide bonds. The Labute approximate surface area is 156 Å². The molecule has 2 fully saturated rings. The number of amides is 1. The zero-order chi connectivity index (χ0) is 18.1. The summed E-state index contributed by atoms with van der Waals surface area (Å²) >= 11 is 0. The van der Waals surface area contributed by atoms with Crippen molar-refractivity contribution < 1.29 is 14.3 Å². The van der Waals surface area contributed by atoms with Gasteiger partial charge in [0.05, 0.1) is 7.11 Å². The number of fused-ring (bicyclic) bond motifs is 3. The predicted octanol–water partition coefficient (Wildman–Crippen LogP) is 4.19. The van der Waals surface area contributed by atoms with Crippen molar-refractivity contribution in [3.05, 3.63) is 29.8 Å². The fourth-order valence-electron chi connectivity index (χ4n) is 5.17. The fourth-order valence-corrected chi connectivity index (χ4v) is 5.17. The Morgan fingerprint density at radius 1 is 1.27 bits per heavy atom. The molecule has 2 aliphatic carbocycles. The van der Waals surface area contributed by atoms with Crippen molar-refractivity contribution >= 4 is 11.5 Å². The van der Waals surface area contributed by atoms with Crippen LogP contribution in [-0.4, -0.2) is 25.7 Å². The molecule has 0 saturated heterocycles. The van der Waals surface area contributed by atoms with E-state index in [1.54, 1.807) is 7.11 Å². The minimum absolute atomic E-state index is 0.0323. The van der Waals surface area contributed by atoms with Gasteiger partial charge in [-0.05, 0) is 62.0 Å². The first-order valence-electron chi connectivity index (χ1n) is 10.0. The number of rotatable bonds is 4. The lowest BCUT2D eigenvalue weighted by atomic mass is 9.65. The Kier molecular flexibility index (Phi) is 4.92. The maximum atomic E-state index is 13.1. The van der Waals surface area contributed by atoms with Crippen molar-refractivity contribution in [3.63, 3.8) is 0 Å². The summed E-state index contributed by atoms with van der Waals surface area (Å²) in [5, 5.41) is 3.36. The van der Waals surface area contributed by atoms with Crippen molar-refractivity contribution in [2.24, 2.45) is 17.8 Å². The van der Waals surface area contributed by atoms with Gasteiger partial charge >= 0.3 is 0 Å². The standard InChI is InChI=1S/C22H29NO3/c1-3-14-11-15-7-8-19(16(12-14)13-15)23-22(24)18-9-10-26-21-17(18)5-4-6-20(21)25-2/h4-6,9,14-16,19H,3,7-8,10-13H2,1-2H3,(H,23,24). The summed E-state index contributed by atoms with van der Waals surface area (Å²) in [5.74, 6) is 3.74. The highest BCUT2D eigenvalue weighted by atomic mass is 16.5. The molecule has 1 aromatic carbocycles. The van der Waals surface area contributed by atoms with E-state index in [0.29, 0.717) is 30.1 Å². The molecule has 26 heavy (non-hydrogen) atoms. The van der Waals surface area contributed by atoms with Crippen LogP contribution < -0.4 is 14.8 Å². The third-order valence-electron chi connectivity index (χ3n) is 6.54. The maximum absolute atomic E-state index is 13.1. The van der Waals surface area contributed by atoms with Gasteiger partial charge in [-0.2, -0.15) is 0 Å². The van der Waals surface area contributed by atoms with E-state index in [2.05, 4.69) is 12.2 Å². The second-order valence-corrected chi connectivity index (χ2v) is 8.03. The molecule has 0 aromatic heterocycles. The molecule has 3 aliphatic rings. The molecule has 4 nitrogen and oxygen atoms in total. The lowest BCUT2D eigenvalue weighted by Gasteiger charge is -2.44. The summed E-state index contributed by atoms with van der Waals surface area (Å²) in [6.45, 7) is 2.71. The van der Waals surface area contributed by atoms with E-state index in [-0.39, 0.29) is 5.91 Å². The molecular formula is C22H29NO3. The van der Waals surface area contributed by atoms with Crippen molar-refractivity contribution in [1.82, 2.24) is 5.32 Å². The molecular weight excluding hydrogens is 326 g/mol. The highest BCUT2D eigenvalue weighted by Gasteiger charge is 2.38. The maximum Gasteiger partial charge on any atom is 0.252 e. The average Bonchev–Trinajstić information content (AvgIpc) is 2.68. The van der Waals surface area contributed by atoms with Gasteiger partial charge in [0.25, 0.3) is 5.91 Å². The van der Waals surface area contributed by atoms with Crippen LogP contribution in [-0.2, 0) is 4.79 Å². The first-order valence-corrected chi connectivity index (χ1v) is 10.0. The molecule has 4 atom stereocenters. The molecule has 0 spiro atoms. The van der Waals surface area contributed by atoms with E-state index < -0.39 is 0 Å². The number of hydrogen-bond acceptors (Lipinski definition) is 3. The zero-order valence-electron chi connectivity index (χ0n) is 15.8. The molecule has 0 radical (unpaired) electrons. The Morgan fingerprint density at radius 3 is 2.96 bits per heavy atom. The molecule has 1 aliphatic heterocycles. The van der Waals surface area contributed by atoms with Crippen LogP contribution in [0.1, 0.15) is 51.0 Å². The van der Waals surface area contributed by atoms with Crippen molar-refractivity contribution in [2.45, 2.75) is 51.5 Å². The summed E-state index contributed by atoms with van der Waals surface area (Å²) in [7, 11) is 1.63. The largest absolute Gasteiger partial charge is 0.493 e. The summed E-state index contributed by atoms with van der Waals surface area (Å²) in [5.41, 5.74) is 1.55. The van der Waals surface area contributed by atoms with Crippen LogP contribution in [0.4, 0.5) is 0 Å². The van der Waals surface area contributed by atoms with E-state index in [1.165, 1.54) is 32.1 Å². The second-order valence-electron chi connectivity index (χ2n) is 8.03. The molecule has 4 heteroatoms. The van der Waals surface area contributed by atoms with Crippen LogP contribution in [0.3, 0.4) is 0 Å². The van der Waals surface area contributed by atoms with E-state index >= 15 is 0 Å². The number of hydrogen-bond donors (Lipinski definition) is 1. The molecule has 4 unspecified atom stereocenters. The third kappa shape index (κ3) is 3.22. The number of carbonyl (C=O) groups excluding carboxylic acids is 1. The van der Waals surface area contributed by atoms with E-state index in [4.69, 9.17) is 9.47 Å². The quantitative estimate of drug-likeness (QED) is 0.881. The van der Waals surface area contributed by atoms with Crippen molar-refractivity contribution in [2.75, 3.05) is 13.7 Å². The van der Waals surface area contributed by atoms with Crippen LogP contribution in [0.25, 0.3) is 5.57 Å². The van der Waals surface area contributed by atoms with Gasteiger partial charge in [0.2, 0.25) is 0 Å². The third-order valence-corrected chi connectivity index (χ3v) is 6.54. The van der Waals surface area contributed by atoms with Gasteiger partial charge in [0.1, 0.15) is 6.61 Å². The van der Waals surface area contributed by atoms with Crippen LogP contribution >= 0.6 is 0 Å². The fraction of sp³-hybridized carbons (Fsp3) is 0.591. The highest BCUT2D eigenvalue weighted by Crippen LogP contribution is 2.44. The summed E-state index contributed by atoms with van der Waals surface area (Å²) in [6, 6.07) is 6.03. The summed E-state index contributed by atoms with van der Waals surface area (Å²) < 4.78 is 11.1. The van der Waals surface area contributed by atoms with Gasteiger partial charge < -0.3 is 14.8 Å². The van der Waals surface area contributed by atoms with E-state index in [1.807, 2.05) is 24.3 Å². The van der Waals surface area contributed by atoms with Crippen LogP contribution in [0.2, 0.25) is 0 Å². The Balaban J connectivity index is 1.50. The Bertz CT molecular complexity index is 711. The number of methoxy groups -OCH3 is 1. The topological polar surface area (TPSA) is 47.6 Å². The first-order chi connectivity index (χ1) is 12.7. The van der Waals surface area contributed by atoms with E-state index in [0.717, 1.165) is 29.4 Å². The molecule has 2 bridgehead atoms. The molecule has 140 valence electrons. The molecule has 4 rings (SSSR count). The summed E-state index contributed by atoms with van der Waals surface area (Å²) in [4.78, 5) is 13.1. The number of carbonyl (C=O) groups is 1. The van der Waals surface area contributed by atoms with Gasteiger partial charge in [0, 0.05) is 17.2 Å². The number of ether oxygens (including phenoxy) is 2. The molecule has 1 N–H and O–H groups in total. The van der Waals surface area contributed by atoms with Gasteiger partial charge in [-0.15, -0.1) is 0 Å². The average molecular weight is 355 g/mol. The van der Waals surface area contributed by atoms with Crippen LogP contribution in [0.5, 0.6) is 11.5 Å². The molecule has 1 heterocycles. The van der Waals surface area contributed by atoms with Gasteiger partial charge in [-0.25, -0.2) is 0 Å². The Hall–Kier alpha value is -1.97. The summed E-state index contributed by atoms with van der Waals surface area (Å²) in [6.07, 6.45) is 9.47. The van der Waals surface area contributed by atoms with Crippen molar-refractivity contribution in [3.8, 4) is 11.5 Å². The highest BCUT2D eigenvalue weighted by molar-refractivity contribution is 6.20. The van der Waals surface area contributed by atoms with E-state index in [9.17, 15) is 4.79 Å². The van der Waals surface area contributed by atoms with Gasteiger partial charge in [-0.3, -0.25) is 4.79 Å². The minimum atomic E-state index is 0.0323. The minimum Gasteiger partial charge on any atom is -0.493 e. The smallest absolute Gasteiger partial charge is 0.252 e. The van der Waals surface area contributed by atoms with Crippen LogP contribution in [0.15, 0.2) is 24.3 Å². The first kappa shape index (κ1) is 17.4. The molecule has 2 saturated carbocycles. The van der Waals surface area contributed by atoms with Gasteiger partial charge in [0.15, 0.2) is 11.5 Å². The zero-order valence-corrected chi connectivity index (χ0v) is 15.8. The number of benzene rings is 1. The monoisotopic (exact) mass is 355 g/mol. The SMILES string of the molecule is CCC1CC2CCC(NC(=O)C3=CCOc4c(OC)cccc43)C(C1)C2. The Morgan fingerprint density at radius 2 is 2.15 bits per heavy atom.